The lowest BCUT2D eigenvalue weighted by atomic mass is 10.1. The summed E-state index contributed by atoms with van der Waals surface area (Å²) in [5, 5.41) is 0. The molecule has 0 N–H and O–H groups in total. The summed E-state index contributed by atoms with van der Waals surface area (Å²) >= 11 is 0. The smallest absolute Gasteiger partial charge is 0.187 e. The SMILES string of the molecule is COc1c(C(C)=O)cccc1C1OCCO1. The summed E-state index contributed by atoms with van der Waals surface area (Å²) in [6.45, 7) is 2.65. The van der Waals surface area contributed by atoms with Crippen molar-refractivity contribution in [3.63, 3.8) is 0 Å². The largest absolute Gasteiger partial charge is 0.496 e. The summed E-state index contributed by atoms with van der Waals surface area (Å²) in [4.78, 5) is 11.4. The van der Waals surface area contributed by atoms with Crippen molar-refractivity contribution in [2.45, 2.75) is 13.2 Å². The number of carbonyl (C=O) groups is 1. The molecule has 1 aromatic rings. The molecule has 86 valence electrons. The van der Waals surface area contributed by atoms with Gasteiger partial charge in [-0.05, 0) is 13.0 Å². The van der Waals surface area contributed by atoms with Gasteiger partial charge in [-0.3, -0.25) is 4.79 Å². The first-order valence-corrected chi connectivity index (χ1v) is 5.15. The molecule has 4 heteroatoms. The summed E-state index contributed by atoms with van der Waals surface area (Å²) in [5.41, 5.74) is 1.33. The van der Waals surface area contributed by atoms with E-state index in [2.05, 4.69) is 0 Å². The van der Waals surface area contributed by atoms with E-state index in [1.807, 2.05) is 6.07 Å². The minimum atomic E-state index is -0.422. The van der Waals surface area contributed by atoms with E-state index in [9.17, 15) is 4.79 Å². The average Bonchev–Trinajstić information content (AvgIpc) is 2.81. The zero-order chi connectivity index (χ0) is 11.5. The van der Waals surface area contributed by atoms with Gasteiger partial charge in [0, 0.05) is 0 Å². The molecule has 0 aliphatic carbocycles. The highest BCUT2D eigenvalue weighted by molar-refractivity contribution is 5.97. The predicted octanol–water partition coefficient (Wildman–Crippen LogP) is 1.94. The lowest BCUT2D eigenvalue weighted by Crippen LogP contribution is -2.05. The van der Waals surface area contributed by atoms with Crippen molar-refractivity contribution < 1.29 is 19.0 Å². The fraction of sp³-hybridized carbons (Fsp3) is 0.417. The van der Waals surface area contributed by atoms with Crippen LogP contribution >= 0.6 is 0 Å². The number of Topliss-reactive ketones (excluding diaryl/α,β-unsaturated/α-hetero) is 1. The number of rotatable bonds is 3. The second-order valence-electron chi connectivity index (χ2n) is 3.56. The Bertz CT molecular complexity index is 394. The molecular weight excluding hydrogens is 208 g/mol. The standard InChI is InChI=1S/C12H14O4/c1-8(13)9-4-3-5-10(11(9)14-2)12-15-6-7-16-12/h3-5,12H,6-7H2,1-2H3. The topological polar surface area (TPSA) is 44.8 Å². The lowest BCUT2D eigenvalue weighted by Gasteiger charge is -2.15. The third-order valence-electron chi connectivity index (χ3n) is 2.50. The van der Waals surface area contributed by atoms with Crippen molar-refractivity contribution >= 4 is 5.78 Å². The minimum Gasteiger partial charge on any atom is -0.496 e. The molecule has 0 aromatic heterocycles. The molecule has 1 fully saturated rings. The fourth-order valence-electron chi connectivity index (χ4n) is 1.78. The summed E-state index contributed by atoms with van der Waals surface area (Å²) in [5.74, 6) is 0.513. The Balaban J connectivity index is 2.43. The van der Waals surface area contributed by atoms with Crippen molar-refractivity contribution in [1.82, 2.24) is 0 Å². The van der Waals surface area contributed by atoms with Crippen LogP contribution in [-0.2, 0) is 9.47 Å². The Morgan fingerprint density at radius 1 is 1.38 bits per heavy atom. The van der Waals surface area contributed by atoms with Crippen molar-refractivity contribution in [2.75, 3.05) is 20.3 Å². The molecule has 1 aliphatic rings. The number of hydrogen-bond donors (Lipinski definition) is 0. The minimum absolute atomic E-state index is 0.0308. The third-order valence-corrected chi connectivity index (χ3v) is 2.50. The predicted molar refractivity (Wildman–Crippen MR) is 57.6 cm³/mol. The molecule has 0 amide bonds. The van der Waals surface area contributed by atoms with Gasteiger partial charge >= 0.3 is 0 Å². The summed E-state index contributed by atoms with van der Waals surface area (Å²) in [6.07, 6.45) is -0.422. The molecular formula is C12H14O4. The monoisotopic (exact) mass is 222 g/mol. The van der Waals surface area contributed by atoms with Gasteiger partial charge in [-0.15, -0.1) is 0 Å². The molecule has 0 atom stereocenters. The van der Waals surface area contributed by atoms with Gasteiger partial charge < -0.3 is 14.2 Å². The maximum Gasteiger partial charge on any atom is 0.187 e. The van der Waals surface area contributed by atoms with E-state index in [1.54, 1.807) is 19.2 Å². The molecule has 0 spiro atoms. The molecule has 1 aliphatic heterocycles. The molecule has 1 saturated heterocycles. The van der Waals surface area contributed by atoms with Crippen LogP contribution in [0.2, 0.25) is 0 Å². The first-order valence-electron chi connectivity index (χ1n) is 5.15. The van der Waals surface area contributed by atoms with Crippen LogP contribution in [0, 0.1) is 0 Å². The molecule has 4 nitrogen and oxygen atoms in total. The molecule has 0 unspecified atom stereocenters. The average molecular weight is 222 g/mol. The number of hydrogen-bond acceptors (Lipinski definition) is 4. The van der Waals surface area contributed by atoms with Crippen LogP contribution in [0.5, 0.6) is 5.75 Å². The van der Waals surface area contributed by atoms with E-state index in [0.717, 1.165) is 5.56 Å². The molecule has 0 bridgehead atoms. The van der Waals surface area contributed by atoms with Crippen molar-refractivity contribution in [3.8, 4) is 5.75 Å². The number of ether oxygens (including phenoxy) is 3. The second kappa shape index (κ2) is 4.63. The van der Waals surface area contributed by atoms with Crippen LogP contribution in [0.4, 0.5) is 0 Å². The van der Waals surface area contributed by atoms with Crippen LogP contribution in [-0.4, -0.2) is 26.1 Å². The van der Waals surface area contributed by atoms with Crippen molar-refractivity contribution in [3.05, 3.63) is 29.3 Å². The van der Waals surface area contributed by atoms with Gasteiger partial charge in [-0.2, -0.15) is 0 Å². The molecule has 16 heavy (non-hydrogen) atoms. The van der Waals surface area contributed by atoms with E-state index in [4.69, 9.17) is 14.2 Å². The molecule has 1 aromatic carbocycles. The lowest BCUT2D eigenvalue weighted by molar-refractivity contribution is -0.0455. The maximum atomic E-state index is 11.4. The molecule has 0 radical (unpaired) electrons. The van der Waals surface area contributed by atoms with E-state index in [1.165, 1.54) is 6.92 Å². The van der Waals surface area contributed by atoms with E-state index in [0.29, 0.717) is 24.5 Å². The van der Waals surface area contributed by atoms with Gasteiger partial charge in [0.25, 0.3) is 0 Å². The fourth-order valence-corrected chi connectivity index (χ4v) is 1.78. The van der Waals surface area contributed by atoms with Gasteiger partial charge in [0.15, 0.2) is 12.1 Å². The summed E-state index contributed by atoms with van der Waals surface area (Å²) < 4.78 is 16.1. The Labute approximate surface area is 94.1 Å². The number of benzene rings is 1. The number of methoxy groups -OCH3 is 1. The van der Waals surface area contributed by atoms with Crippen LogP contribution in [0.15, 0.2) is 18.2 Å². The summed E-state index contributed by atoms with van der Waals surface area (Å²) in [6, 6.07) is 5.39. The maximum absolute atomic E-state index is 11.4. The van der Waals surface area contributed by atoms with Crippen LogP contribution in [0.3, 0.4) is 0 Å². The second-order valence-corrected chi connectivity index (χ2v) is 3.56. The van der Waals surface area contributed by atoms with E-state index >= 15 is 0 Å². The Kier molecular flexibility index (Phi) is 3.22. The van der Waals surface area contributed by atoms with Gasteiger partial charge in [0.05, 0.1) is 31.5 Å². The highest BCUT2D eigenvalue weighted by Gasteiger charge is 2.24. The normalized spacial score (nSPS) is 16.4. The summed E-state index contributed by atoms with van der Waals surface area (Å²) in [7, 11) is 1.54. The quantitative estimate of drug-likeness (QED) is 0.733. The molecule has 1 heterocycles. The molecule has 0 saturated carbocycles. The highest BCUT2D eigenvalue weighted by Crippen LogP contribution is 2.33. The highest BCUT2D eigenvalue weighted by atomic mass is 16.7. The van der Waals surface area contributed by atoms with Crippen LogP contribution < -0.4 is 4.74 Å². The number of para-hydroxylation sites is 1. The third kappa shape index (κ3) is 1.94. The van der Waals surface area contributed by atoms with Gasteiger partial charge in [0.2, 0.25) is 0 Å². The van der Waals surface area contributed by atoms with Crippen LogP contribution in [0.25, 0.3) is 0 Å². The Morgan fingerprint density at radius 3 is 2.62 bits per heavy atom. The first kappa shape index (κ1) is 11.1. The zero-order valence-electron chi connectivity index (χ0n) is 9.36. The zero-order valence-corrected chi connectivity index (χ0v) is 9.36. The Morgan fingerprint density at radius 2 is 2.06 bits per heavy atom. The van der Waals surface area contributed by atoms with Gasteiger partial charge in [0.1, 0.15) is 5.75 Å². The van der Waals surface area contributed by atoms with Crippen LogP contribution in [0.1, 0.15) is 29.1 Å². The number of carbonyl (C=O) groups excluding carboxylic acids is 1. The van der Waals surface area contributed by atoms with Crippen molar-refractivity contribution in [1.29, 1.82) is 0 Å². The van der Waals surface area contributed by atoms with Gasteiger partial charge in [-0.25, -0.2) is 0 Å². The number of ketones is 1. The van der Waals surface area contributed by atoms with E-state index < -0.39 is 6.29 Å². The molecule has 2 rings (SSSR count). The van der Waals surface area contributed by atoms with E-state index in [-0.39, 0.29) is 5.78 Å². The van der Waals surface area contributed by atoms with Crippen molar-refractivity contribution in [2.24, 2.45) is 0 Å². The first-order chi connectivity index (χ1) is 7.74. The Hall–Kier alpha value is -1.39. The van der Waals surface area contributed by atoms with Gasteiger partial charge in [-0.1, -0.05) is 12.1 Å².